The summed E-state index contributed by atoms with van der Waals surface area (Å²) in [4.78, 5) is 13.6. The lowest BCUT2D eigenvalue weighted by atomic mass is 10.1. The zero-order valence-electron chi connectivity index (χ0n) is 10.1. The van der Waals surface area contributed by atoms with Crippen molar-refractivity contribution >= 4 is 11.7 Å². The van der Waals surface area contributed by atoms with E-state index >= 15 is 0 Å². The standard InChI is InChI=1S/C10H17N5O2/c1-6(4-9(11)14-17)15(3)10(16)8-5-12-13-7(8)2/h5-6,17H,4H2,1-3H3,(H2,11,14)(H,12,13). The van der Waals surface area contributed by atoms with Crippen molar-refractivity contribution in [2.45, 2.75) is 26.3 Å². The number of carbonyl (C=O) groups excluding carboxylic acids is 1. The summed E-state index contributed by atoms with van der Waals surface area (Å²) in [5.74, 6) is -0.0458. The lowest BCUT2D eigenvalue weighted by Gasteiger charge is -2.24. The van der Waals surface area contributed by atoms with E-state index in [1.165, 1.54) is 11.1 Å². The average molecular weight is 239 g/mol. The number of aromatic nitrogens is 2. The summed E-state index contributed by atoms with van der Waals surface area (Å²) in [5, 5.41) is 17.9. The van der Waals surface area contributed by atoms with Crippen LogP contribution in [-0.2, 0) is 0 Å². The third kappa shape index (κ3) is 2.96. The largest absolute Gasteiger partial charge is 0.409 e. The Labute approximate surface area is 99.3 Å². The molecule has 7 nitrogen and oxygen atoms in total. The van der Waals surface area contributed by atoms with Gasteiger partial charge in [-0.25, -0.2) is 0 Å². The second kappa shape index (κ2) is 5.33. The first-order chi connectivity index (χ1) is 7.97. The van der Waals surface area contributed by atoms with Gasteiger partial charge in [0.2, 0.25) is 0 Å². The Morgan fingerprint density at radius 3 is 2.88 bits per heavy atom. The fourth-order valence-corrected chi connectivity index (χ4v) is 1.44. The number of rotatable bonds is 4. The van der Waals surface area contributed by atoms with Crippen LogP contribution in [0.5, 0.6) is 0 Å². The van der Waals surface area contributed by atoms with E-state index in [4.69, 9.17) is 10.9 Å². The highest BCUT2D eigenvalue weighted by Crippen LogP contribution is 2.10. The van der Waals surface area contributed by atoms with Gasteiger partial charge in [0.1, 0.15) is 5.84 Å². The number of nitrogens with two attached hydrogens (primary N) is 1. The number of hydrogen-bond acceptors (Lipinski definition) is 4. The molecule has 17 heavy (non-hydrogen) atoms. The van der Waals surface area contributed by atoms with Crippen LogP contribution in [0.1, 0.15) is 29.4 Å². The molecule has 1 atom stereocenters. The Morgan fingerprint density at radius 1 is 1.76 bits per heavy atom. The van der Waals surface area contributed by atoms with Crippen LogP contribution in [0, 0.1) is 6.92 Å². The number of nitrogens with one attached hydrogen (secondary N) is 1. The third-order valence-corrected chi connectivity index (χ3v) is 2.67. The minimum atomic E-state index is -0.160. The lowest BCUT2D eigenvalue weighted by molar-refractivity contribution is 0.0746. The third-order valence-electron chi connectivity index (χ3n) is 2.67. The van der Waals surface area contributed by atoms with Gasteiger partial charge in [-0.1, -0.05) is 5.16 Å². The van der Waals surface area contributed by atoms with Crippen molar-refractivity contribution in [1.29, 1.82) is 0 Å². The Kier molecular flexibility index (Phi) is 4.08. The number of amides is 1. The van der Waals surface area contributed by atoms with E-state index in [0.29, 0.717) is 12.0 Å². The van der Waals surface area contributed by atoms with Crippen molar-refractivity contribution in [3.05, 3.63) is 17.5 Å². The fraction of sp³-hybridized carbons (Fsp3) is 0.500. The first-order valence-electron chi connectivity index (χ1n) is 5.21. The summed E-state index contributed by atoms with van der Waals surface area (Å²) in [6, 6.07) is -0.160. The Balaban J connectivity index is 2.73. The summed E-state index contributed by atoms with van der Waals surface area (Å²) in [6.45, 7) is 3.60. The van der Waals surface area contributed by atoms with Crippen LogP contribution < -0.4 is 5.73 Å². The molecule has 0 radical (unpaired) electrons. The van der Waals surface area contributed by atoms with Crippen molar-refractivity contribution in [3.63, 3.8) is 0 Å². The van der Waals surface area contributed by atoms with Crippen LogP contribution >= 0.6 is 0 Å². The highest BCUT2D eigenvalue weighted by molar-refractivity contribution is 5.95. The molecule has 7 heteroatoms. The number of H-pyrrole nitrogens is 1. The summed E-state index contributed by atoms with van der Waals surface area (Å²) in [6.07, 6.45) is 1.81. The second-order valence-electron chi connectivity index (χ2n) is 3.97. The molecular weight excluding hydrogens is 222 g/mol. The summed E-state index contributed by atoms with van der Waals surface area (Å²) in [5.41, 5.74) is 6.65. The van der Waals surface area contributed by atoms with Crippen LogP contribution in [0.25, 0.3) is 0 Å². The van der Waals surface area contributed by atoms with Gasteiger partial charge in [0.15, 0.2) is 0 Å². The normalized spacial score (nSPS) is 13.5. The van der Waals surface area contributed by atoms with E-state index < -0.39 is 0 Å². The molecule has 1 unspecified atom stereocenters. The molecule has 0 aromatic carbocycles. The number of nitrogens with zero attached hydrogens (tertiary/aromatic N) is 3. The molecule has 0 aliphatic carbocycles. The van der Waals surface area contributed by atoms with Gasteiger partial charge in [0, 0.05) is 25.2 Å². The summed E-state index contributed by atoms with van der Waals surface area (Å²) in [7, 11) is 1.67. The smallest absolute Gasteiger partial charge is 0.257 e. The van der Waals surface area contributed by atoms with Crippen LogP contribution in [-0.4, -0.2) is 45.1 Å². The summed E-state index contributed by atoms with van der Waals surface area (Å²) >= 11 is 0. The molecule has 4 N–H and O–H groups in total. The number of amidine groups is 1. The van der Waals surface area contributed by atoms with Gasteiger partial charge in [-0.3, -0.25) is 9.89 Å². The molecule has 0 aliphatic rings. The highest BCUT2D eigenvalue weighted by Gasteiger charge is 2.20. The molecule has 1 heterocycles. The molecule has 0 bridgehead atoms. The van der Waals surface area contributed by atoms with E-state index in [1.54, 1.807) is 14.0 Å². The SMILES string of the molecule is Cc1[nH]ncc1C(=O)N(C)C(C)CC(N)=NO. The molecule has 94 valence electrons. The van der Waals surface area contributed by atoms with E-state index in [2.05, 4.69) is 15.4 Å². The van der Waals surface area contributed by atoms with Crippen molar-refractivity contribution in [2.75, 3.05) is 7.05 Å². The highest BCUT2D eigenvalue weighted by atomic mass is 16.4. The van der Waals surface area contributed by atoms with Gasteiger partial charge in [0.25, 0.3) is 5.91 Å². The Morgan fingerprint density at radius 2 is 2.41 bits per heavy atom. The van der Waals surface area contributed by atoms with Crippen molar-refractivity contribution < 1.29 is 10.0 Å². The van der Waals surface area contributed by atoms with Crippen molar-refractivity contribution in [2.24, 2.45) is 10.9 Å². The van der Waals surface area contributed by atoms with Gasteiger partial charge in [-0.05, 0) is 13.8 Å². The Hall–Kier alpha value is -2.05. The first kappa shape index (κ1) is 13.0. The van der Waals surface area contributed by atoms with Crippen LogP contribution in [0.15, 0.2) is 11.4 Å². The van der Waals surface area contributed by atoms with E-state index in [0.717, 1.165) is 5.69 Å². The van der Waals surface area contributed by atoms with Crippen molar-refractivity contribution in [3.8, 4) is 0 Å². The zero-order chi connectivity index (χ0) is 13.0. The molecule has 1 rings (SSSR count). The number of hydrogen-bond donors (Lipinski definition) is 3. The lowest BCUT2D eigenvalue weighted by Crippen LogP contribution is -2.37. The fourth-order valence-electron chi connectivity index (χ4n) is 1.44. The number of carbonyl (C=O) groups is 1. The topological polar surface area (TPSA) is 108 Å². The van der Waals surface area contributed by atoms with E-state index in [-0.39, 0.29) is 17.8 Å². The average Bonchev–Trinajstić information content (AvgIpc) is 2.73. The van der Waals surface area contributed by atoms with Gasteiger partial charge in [-0.15, -0.1) is 0 Å². The van der Waals surface area contributed by atoms with E-state index in [1.807, 2.05) is 6.92 Å². The second-order valence-corrected chi connectivity index (χ2v) is 3.97. The van der Waals surface area contributed by atoms with E-state index in [9.17, 15) is 4.79 Å². The maximum Gasteiger partial charge on any atom is 0.257 e. The monoisotopic (exact) mass is 239 g/mol. The minimum absolute atomic E-state index is 0.0982. The van der Waals surface area contributed by atoms with Gasteiger partial charge in [0.05, 0.1) is 11.8 Å². The molecule has 1 aromatic rings. The van der Waals surface area contributed by atoms with Gasteiger partial charge < -0.3 is 15.8 Å². The molecular formula is C10H17N5O2. The zero-order valence-corrected chi connectivity index (χ0v) is 10.1. The first-order valence-corrected chi connectivity index (χ1v) is 5.21. The minimum Gasteiger partial charge on any atom is -0.409 e. The van der Waals surface area contributed by atoms with Gasteiger partial charge >= 0.3 is 0 Å². The number of aryl methyl sites for hydroxylation is 1. The molecule has 0 fully saturated rings. The predicted molar refractivity (Wildman–Crippen MR) is 62.9 cm³/mol. The molecule has 1 amide bonds. The molecule has 0 aliphatic heterocycles. The van der Waals surface area contributed by atoms with Crippen LogP contribution in [0.2, 0.25) is 0 Å². The Bertz CT molecular complexity index is 426. The van der Waals surface area contributed by atoms with Crippen LogP contribution in [0.3, 0.4) is 0 Å². The number of aromatic amines is 1. The summed E-state index contributed by atoms with van der Waals surface area (Å²) < 4.78 is 0. The molecule has 0 spiro atoms. The van der Waals surface area contributed by atoms with Gasteiger partial charge in [-0.2, -0.15) is 5.10 Å². The predicted octanol–water partition coefficient (Wildman–Crippen LogP) is 0.315. The molecule has 1 aromatic heterocycles. The molecule has 0 saturated carbocycles. The van der Waals surface area contributed by atoms with Crippen LogP contribution in [0.4, 0.5) is 0 Å². The number of oxime groups is 1. The molecule has 0 saturated heterocycles. The maximum atomic E-state index is 12.1. The quantitative estimate of drug-likeness (QED) is 0.304. The maximum absolute atomic E-state index is 12.1. The van der Waals surface area contributed by atoms with Crippen molar-refractivity contribution in [1.82, 2.24) is 15.1 Å².